The zero-order valence-corrected chi connectivity index (χ0v) is 35.0. The quantitative estimate of drug-likeness (QED) is 0.132. The van der Waals surface area contributed by atoms with Gasteiger partial charge in [-0.05, 0) is 111 Å². The minimum Gasteiger partial charge on any atom is -0.469 e. The average molecular weight is 840 g/mol. The number of ether oxygens (including phenoxy) is 1. The van der Waals surface area contributed by atoms with Crippen LogP contribution in [0.1, 0.15) is 75.0 Å². The molecule has 10 nitrogen and oxygen atoms in total. The molecule has 2 N–H and O–H groups in total. The van der Waals surface area contributed by atoms with E-state index in [-0.39, 0.29) is 85.9 Å². The summed E-state index contributed by atoms with van der Waals surface area (Å²) in [5.74, 6) is -5.34. The zero-order chi connectivity index (χ0) is 42.8. The maximum absolute atomic E-state index is 16.4. The number of carbonyl (C=O) groups is 3. The molecular weight excluding hydrogens is 779 g/mol. The highest BCUT2D eigenvalue weighted by atomic mass is 19.3. The Kier molecular flexibility index (Phi) is 13.3. The van der Waals surface area contributed by atoms with Crippen LogP contribution >= 0.6 is 0 Å². The van der Waals surface area contributed by atoms with Gasteiger partial charge in [-0.25, -0.2) is 17.6 Å². The normalized spacial score (nSPS) is 25.2. The van der Waals surface area contributed by atoms with Gasteiger partial charge in [-0.3, -0.25) is 19.3 Å². The Labute approximate surface area is 351 Å². The summed E-state index contributed by atoms with van der Waals surface area (Å²) in [6, 6.07) is 11.6. The number of anilines is 1. The van der Waals surface area contributed by atoms with Crippen molar-refractivity contribution in [2.24, 2.45) is 23.7 Å². The van der Waals surface area contributed by atoms with Gasteiger partial charge in [-0.1, -0.05) is 31.2 Å². The number of β-amino-alcohol motifs (C(OH)–C–C–N with tert-alkyl or cyclic N) is 1. The van der Waals surface area contributed by atoms with Crippen molar-refractivity contribution in [1.82, 2.24) is 20.0 Å². The van der Waals surface area contributed by atoms with Crippen molar-refractivity contribution in [2.75, 3.05) is 77.5 Å². The number of methoxy groups -OCH3 is 1. The summed E-state index contributed by atoms with van der Waals surface area (Å²) in [5.41, 5.74) is 0.201. The summed E-state index contributed by atoms with van der Waals surface area (Å²) in [6.45, 7) is 8.62. The highest BCUT2D eigenvalue weighted by Gasteiger charge is 2.53. The third-order valence-electron chi connectivity index (χ3n) is 14.3. The number of carbonyl (C=O) groups excluding carboxylic acids is 3. The molecule has 1 aliphatic carbocycles. The lowest BCUT2D eigenvalue weighted by Gasteiger charge is -2.53. The van der Waals surface area contributed by atoms with Gasteiger partial charge in [0.1, 0.15) is 17.6 Å². The Bertz CT molecular complexity index is 1880. The van der Waals surface area contributed by atoms with Gasteiger partial charge in [-0.2, -0.15) is 0 Å². The summed E-state index contributed by atoms with van der Waals surface area (Å²) < 4.78 is 66.7. The van der Waals surface area contributed by atoms with Gasteiger partial charge in [-0.15, -0.1) is 0 Å². The van der Waals surface area contributed by atoms with E-state index in [9.17, 15) is 23.9 Å². The molecule has 5 aliphatic rings. The van der Waals surface area contributed by atoms with Gasteiger partial charge in [0.25, 0.3) is 5.92 Å². The first-order valence-electron chi connectivity index (χ1n) is 21.7. The number of aliphatic hydroxyl groups is 1. The SMILES string of the molecule is C=CC(=O)N1CCCC(C(F)(F)c2ccc(N3CC(O)(CN4CCC([C@@](CNC(C)=O)(c5cccc(F)c5)[C@H]5CCC[C@@H]5CC(=O)OC)CC4)C3)cc2CN2CC(F)C2)C1. The number of piperidine rings is 2. The van der Waals surface area contributed by atoms with Crippen LogP contribution in [0, 0.1) is 29.5 Å². The maximum Gasteiger partial charge on any atom is 0.305 e. The minimum atomic E-state index is -3.22. The molecule has 2 amide bonds. The number of hydrogen-bond donors (Lipinski definition) is 2. The summed E-state index contributed by atoms with van der Waals surface area (Å²) in [6.07, 6.45) is 5.29. The van der Waals surface area contributed by atoms with Crippen LogP contribution in [0.25, 0.3) is 0 Å². The Balaban J connectivity index is 1.05. The van der Waals surface area contributed by atoms with E-state index < -0.39 is 29.0 Å². The van der Waals surface area contributed by atoms with Gasteiger partial charge in [0.15, 0.2) is 0 Å². The van der Waals surface area contributed by atoms with Crippen molar-refractivity contribution in [3.63, 3.8) is 0 Å². The molecule has 328 valence electrons. The fraction of sp³-hybridized carbons (Fsp3) is 0.630. The van der Waals surface area contributed by atoms with Gasteiger partial charge in [0.05, 0.1) is 7.11 Å². The number of hydrogen-bond acceptors (Lipinski definition) is 8. The molecule has 0 aromatic heterocycles. The van der Waals surface area contributed by atoms with Crippen molar-refractivity contribution >= 4 is 23.5 Å². The number of rotatable bonds is 15. The minimum absolute atomic E-state index is 0.0146. The Hall–Kier alpha value is -4.01. The molecule has 60 heavy (non-hydrogen) atoms. The number of benzene rings is 2. The van der Waals surface area contributed by atoms with Gasteiger partial charge >= 0.3 is 5.97 Å². The monoisotopic (exact) mass is 839 g/mol. The van der Waals surface area contributed by atoms with E-state index in [0.717, 1.165) is 43.7 Å². The number of esters is 1. The first kappa shape index (κ1) is 44.1. The highest BCUT2D eigenvalue weighted by molar-refractivity contribution is 5.87. The Morgan fingerprint density at radius 2 is 1.72 bits per heavy atom. The molecule has 0 spiro atoms. The number of nitrogens with zero attached hydrogens (tertiary/aromatic N) is 4. The van der Waals surface area contributed by atoms with Crippen LogP contribution < -0.4 is 10.2 Å². The van der Waals surface area contributed by atoms with Crippen molar-refractivity contribution in [3.05, 3.63) is 77.6 Å². The second-order valence-electron chi connectivity index (χ2n) is 18.3. The molecule has 4 aliphatic heterocycles. The number of alkyl halides is 3. The van der Waals surface area contributed by atoms with Gasteiger partial charge in [0.2, 0.25) is 11.8 Å². The van der Waals surface area contributed by atoms with E-state index in [0.29, 0.717) is 63.5 Å². The molecule has 1 saturated carbocycles. The molecule has 1 unspecified atom stereocenters. The molecule has 4 saturated heterocycles. The van der Waals surface area contributed by atoms with Crippen LogP contribution in [0.3, 0.4) is 0 Å². The lowest BCUT2D eigenvalue weighted by molar-refractivity contribution is -0.142. The zero-order valence-electron chi connectivity index (χ0n) is 35.0. The lowest BCUT2D eigenvalue weighted by Crippen LogP contribution is -2.67. The van der Waals surface area contributed by atoms with Crippen LogP contribution in [-0.4, -0.2) is 122 Å². The molecule has 14 heteroatoms. The molecule has 4 atom stereocenters. The Morgan fingerprint density at radius 1 is 0.967 bits per heavy atom. The fourth-order valence-electron chi connectivity index (χ4n) is 11.3. The third kappa shape index (κ3) is 9.25. The molecule has 0 radical (unpaired) electrons. The van der Waals surface area contributed by atoms with E-state index in [1.807, 2.05) is 15.9 Å². The molecule has 2 aromatic carbocycles. The largest absolute Gasteiger partial charge is 0.469 e. The Morgan fingerprint density at radius 3 is 2.38 bits per heavy atom. The van der Waals surface area contributed by atoms with E-state index in [2.05, 4.69) is 16.8 Å². The summed E-state index contributed by atoms with van der Waals surface area (Å²) in [5, 5.41) is 14.9. The summed E-state index contributed by atoms with van der Waals surface area (Å²) in [7, 11) is 1.39. The lowest BCUT2D eigenvalue weighted by atomic mass is 9.57. The fourth-order valence-corrected chi connectivity index (χ4v) is 11.3. The van der Waals surface area contributed by atoms with Crippen LogP contribution in [0.4, 0.5) is 23.2 Å². The van der Waals surface area contributed by atoms with Crippen LogP contribution in [0.2, 0.25) is 0 Å². The number of nitrogens with one attached hydrogen (secondary N) is 1. The predicted molar refractivity (Wildman–Crippen MR) is 221 cm³/mol. The molecular formula is C46H61F4N5O5. The summed E-state index contributed by atoms with van der Waals surface area (Å²) in [4.78, 5) is 44.9. The average Bonchev–Trinajstić information content (AvgIpc) is 3.67. The summed E-state index contributed by atoms with van der Waals surface area (Å²) >= 11 is 0. The maximum atomic E-state index is 16.4. The van der Waals surface area contributed by atoms with Crippen LogP contribution in [0.5, 0.6) is 0 Å². The van der Waals surface area contributed by atoms with Gasteiger partial charge < -0.3 is 29.9 Å². The van der Waals surface area contributed by atoms with Crippen LogP contribution in [0.15, 0.2) is 55.1 Å². The van der Waals surface area contributed by atoms with Crippen molar-refractivity contribution in [1.29, 1.82) is 0 Å². The first-order chi connectivity index (χ1) is 28.6. The van der Waals surface area contributed by atoms with E-state index in [1.54, 1.807) is 24.3 Å². The number of amides is 2. The van der Waals surface area contributed by atoms with E-state index >= 15 is 13.2 Å². The second kappa shape index (κ2) is 18.1. The van der Waals surface area contributed by atoms with E-state index in [4.69, 9.17) is 4.74 Å². The third-order valence-corrected chi connectivity index (χ3v) is 14.3. The van der Waals surface area contributed by atoms with Crippen molar-refractivity contribution < 1.29 is 41.8 Å². The molecule has 2 aromatic rings. The first-order valence-corrected chi connectivity index (χ1v) is 21.7. The molecule has 0 bridgehead atoms. The molecule has 4 heterocycles. The standard InChI is InChI=1S/C46H61F4N5O5/c1-4-42(57)54-17-7-10-36(24-54)46(49,50)41-14-13-39(20-33(41)23-53-25-38(48)26-53)55-29-44(59,30-55)28-52-18-15-34(16-19-52)45(27-51-31(2)56,35-9-6-11-37(47)22-35)40-12-5-8-32(40)21-43(58)60-3/h4,6,9,11,13-14,20,22,32,34,36,38,40,59H,1,5,7-8,10,12,15-19,21,23-30H2,2-3H3,(H,51,56)/t32-,36?,40+,45+/m1/s1. The van der Waals surface area contributed by atoms with Crippen molar-refractivity contribution in [2.45, 2.75) is 87.9 Å². The smallest absolute Gasteiger partial charge is 0.305 e. The van der Waals surface area contributed by atoms with Gasteiger partial charge in [0, 0.05) is 94.8 Å². The topological polar surface area (TPSA) is 106 Å². The second-order valence-corrected chi connectivity index (χ2v) is 18.3. The van der Waals surface area contributed by atoms with Crippen molar-refractivity contribution in [3.8, 4) is 0 Å². The highest BCUT2D eigenvalue weighted by Crippen LogP contribution is 2.53. The molecule has 5 fully saturated rings. The van der Waals surface area contributed by atoms with Crippen LogP contribution in [-0.2, 0) is 37.0 Å². The van der Waals surface area contributed by atoms with E-state index in [1.165, 1.54) is 31.1 Å². The number of halogens is 4. The number of likely N-dealkylation sites (tertiary alicyclic amines) is 3. The molecule has 7 rings (SSSR count). The predicted octanol–water partition coefficient (Wildman–Crippen LogP) is 5.81.